The smallest absolute Gasteiger partial charge is 0.293 e. The fourth-order valence-electron chi connectivity index (χ4n) is 7.35. The van der Waals surface area contributed by atoms with Crippen LogP contribution in [0.1, 0.15) is 69.9 Å². The SMILES string of the molecule is CCn1c(-c2cccnc2C(C)OC)c(CC(C)(C)COC=O)c2cc(-c3cc(O)cc(CC(NS(=O)N4CCC4)C(=O)N4CCCCN4)c3)ccc21. The van der Waals surface area contributed by atoms with E-state index in [4.69, 9.17) is 14.5 Å². The maximum absolute atomic E-state index is 13.8. The molecule has 284 valence electrons. The number of phenolic OH excluding ortho intramolecular Hbond substituents is 1. The van der Waals surface area contributed by atoms with Crippen molar-refractivity contribution in [2.24, 2.45) is 5.41 Å². The van der Waals surface area contributed by atoms with E-state index in [9.17, 15) is 18.9 Å². The van der Waals surface area contributed by atoms with Gasteiger partial charge in [-0.2, -0.15) is 0 Å². The molecule has 0 spiro atoms. The lowest BCUT2D eigenvalue weighted by molar-refractivity contribution is -0.137. The third kappa shape index (κ3) is 8.65. The number of aryl methyl sites for hydroxylation is 1. The summed E-state index contributed by atoms with van der Waals surface area (Å²) in [5, 5.41) is 13.7. The molecule has 2 aliphatic rings. The first kappa shape index (κ1) is 38.6. The molecule has 2 aliphatic heterocycles. The van der Waals surface area contributed by atoms with E-state index in [1.807, 2.05) is 23.4 Å². The molecular formula is C40H52N6O6S. The van der Waals surface area contributed by atoms with E-state index in [1.54, 1.807) is 30.4 Å². The van der Waals surface area contributed by atoms with Crippen molar-refractivity contribution >= 4 is 34.5 Å². The summed E-state index contributed by atoms with van der Waals surface area (Å²) in [6.07, 6.45) is 5.27. The average molecular weight is 745 g/mol. The highest BCUT2D eigenvalue weighted by Crippen LogP contribution is 2.42. The fraction of sp³-hybridized carbons (Fsp3) is 0.475. The molecule has 2 aromatic heterocycles. The van der Waals surface area contributed by atoms with Gasteiger partial charge in [0.05, 0.1) is 24.1 Å². The van der Waals surface area contributed by atoms with Crippen LogP contribution in [0.4, 0.5) is 0 Å². The Balaban J connectivity index is 1.43. The Morgan fingerprint density at radius 2 is 1.92 bits per heavy atom. The second kappa shape index (κ2) is 16.9. The van der Waals surface area contributed by atoms with Crippen LogP contribution < -0.4 is 10.1 Å². The van der Waals surface area contributed by atoms with Crippen LogP contribution >= 0.6 is 0 Å². The van der Waals surface area contributed by atoms with Crippen LogP contribution in [0.2, 0.25) is 0 Å². The first-order chi connectivity index (χ1) is 25.5. The molecule has 6 rings (SSSR count). The van der Waals surface area contributed by atoms with Gasteiger partial charge in [0.25, 0.3) is 12.4 Å². The number of aromatic hydroxyl groups is 1. The molecule has 2 aromatic carbocycles. The average Bonchev–Trinajstić information content (AvgIpc) is 3.43. The van der Waals surface area contributed by atoms with E-state index in [1.165, 1.54) is 0 Å². The molecule has 53 heavy (non-hydrogen) atoms. The number of methoxy groups -OCH3 is 1. The maximum atomic E-state index is 13.8. The number of fused-ring (bicyclic) bond motifs is 1. The molecule has 2 saturated heterocycles. The van der Waals surface area contributed by atoms with Crippen molar-refractivity contribution in [1.82, 2.24) is 29.0 Å². The molecule has 3 N–H and O–H groups in total. The standard InChI is InChI=1S/C40H52N6O6S/c1-6-45-36-13-12-29(23-33(36)34(24-40(3,4)25-52-26-47)38(45)32-11-9-14-41-37(32)27(2)51-5)30-19-28(20-31(48)22-30)21-35(43-53(50)44-16-10-17-44)39(49)46-18-8-7-15-42-46/h9,11-14,19-20,22-23,26-27,35,42-43,48H,6-8,10,15-18,21,24-25H2,1-5H3. The Kier molecular flexibility index (Phi) is 12.3. The van der Waals surface area contributed by atoms with E-state index < -0.39 is 17.2 Å². The van der Waals surface area contributed by atoms with Crippen LogP contribution in [0.15, 0.2) is 54.7 Å². The van der Waals surface area contributed by atoms with E-state index in [2.05, 4.69) is 59.8 Å². The van der Waals surface area contributed by atoms with Gasteiger partial charge < -0.3 is 19.1 Å². The third-order valence-corrected chi connectivity index (χ3v) is 11.6. The van der Waals surface area contributed by atoms with Crippen molar-refractivity contribution in [2.75, 3.05) is 39.9 Å². The number of ether oxygens (including phenoxy) is 2. The summed E-state index contributed by atoms with van der Waals surface area (Å²) in [4.78, 5) is 29.8. The zero-order valence-electron chi connectivity index (χ0n) is 31.4. The van der Waals surface area contributed by atoms with Gasteiger partial charge in [0.15, 0.2) is 11.2 Å². The van der Waals surface area contributed by atoms with Crippen molar-refractivity contribution in [3.8, 4) is 28.1 Å². The Morgan fingerprint density at radius 1 is 1.11 bits per heavy atom. The number of hydrogen-bond donors (Lipinski definition) is 3. The summed E-state index contributed by atoms with van der Waals surface area (Å²) in [6.45, 7) is 12.5. The monoisotopic (exact) mass is 744 g/mol. The lowest BCUT2D eigenvalue weighted by Gasteiger charge is -2.34. The summed E-state index contributed by atoms with van der Waals surface area (Å²) in [5.74, 6) is -0.0850. The van der Waals surface area contributed by atoms with E-state index in [0.717, 1.165) is 82.5 Å². The number of benzene rings is 2. The minimum atomic E-state index is -1.50. The molecule has 4 aromatic rings. The number of hydrogen-bond acceptors (Lipinski definition) is 8. The first-order valence-corrected chi connectivity index (χ1v) is 19.6. The molecule has 0 radical (unpaired) electrons. The lowest BCUT2D eigenvalue weighted by Crippen LogP contribution is -2.57. The van der Waals surface area contributed by atoms with Gasteiger partial charge in [-0.15, -0.1) is 0 Å². The molecular weight excluding hydrogens is 693 g/mol. The normalized spacial score (nSPS) is 17.0. The highest BCUT2D eigenvalue weighted by atomic mass is 32.2. The lowest BCUT2D eigenvalue weighted by atomic mass is 9.84. The van der Waals surface area contributed by atoms with Crippen molar-refractivity contribution in [1.29, 1.82) is 0 Å². The maximum Gasteiger partial charge on any atom is 0.293 e. The van der Waals surface area contributed by atoms with Crippen LogP contribution in [0.25, 0.3) is 33.3 Å². The van der Waals surface area contributed by atoms with Crippen LogP contribution in [-0.2, 0) is 49.6 Å². The summed E-state index contributed by atoms with van der Waals surface area (Å²) in [6, 6.07) is 15.0. The number of carbonyl (C=O) groups excluding carboxylic acids is 2. The molecule has 13 heteroatoms. The van der Waals surface area contributed by atoms with Gasteiger partial charge in [-0.05, 0) is 105 Å². The summed E-state index contributed by atoms with van der Waals surface area (Å²) < 4.78 is 31.4. The van der Waals surface area contributed by atoms with Gasteiger partial charge in [0, 0.05) is 67.9 Å². The molecule has 3 unspecified atom stereocenters. The van der Waals surface area contributed by atoms with Crippen LogP contribution in [0.5, 0.6) is 5.75 Å². The van der Waals surface area contributed by atoms with E-state index >= 15 is 0 Å². The predicted molar refractivity (Wildman–Crippen MR) is 207 cm³/mol. The molecule has 0 saturated carbocycles. The van der Waals surface area contributed by atoms with Crippen LogP contribution in [0, 0.1) is 5.41 Å². The van der Waals surface area contributed by atoms with Gasteiger partial charge in [-0.3, -0.25) is 19.6 Å². The topological polar surface area (TPSA) is 138 Å². The zero-order valence-corrected chi connectivity index (χ0v) is 32.2. The van der Waals surface area contributed by atoms with E-state index in [0.29, 0.717) is 32.5 Å². The number of phenols is 1. The molecule has 0 bridgehead atoms. The third-order valence-electron chi connectivity index (χ3n) is 10.2. The quantitative estimate of drug-likeness (QED) is 0.129. The first-order valence-electron chi connectivity index (χ1n) is 18.5. The Morgan fingerprint density at radius 3 is 2.60 bits per heavy atom. The van der Waals surface area contributed by atoms with Crippen molar-refractivity contribution in [3.63, 3.8) is 0 Å². The number of aromatic nitrogens is 2. The predicted octanol–water partition coefficient (Wildman–Crippen LogP) is 5.46. The number of carbonyl (C=O) groups is 2. The van der Waals surface area contributed by atoms with Crippen LogP contribution in [-0.4, -0.2) is 86.5 Å². The molecule has 3 atom stereocenters. The molecule has 12 nitrogen and oxygen atoms in total. The fourth-order valence-corrected chi connectivity index (χ4v) is 8.52. The highest BCUT2D eigenvalue weighted by Gasteiger charge is 2.32. The largest absolute Gasteiger partial charge is 0.508 e. The Bertz CT molecular complexity index is 1950. The van der Waals surface area contributed by atoms with E-state index in [-0.39, 0.29) is 36.2 Å². The molecule has 4 heterocycles. The van der Waals surface area contributed by atoms with Crippen molar-refractivity contribution in [3.05, 3.63) is 71.5 Å². The van der Waals surface area contributed by atoms with Crippen molar-refractivity contribution < 1.29 is 28.4 Å². The Hall–Kier alpha value is -4.14. The second-order valence-electron chi connectivity index (χ2n) is 14.8. The summed E-state index contributed by atoms with van der Waals surface area (Å²) >= 11 is -1.50. The van der Waals surface area contributed by atoms with Crippen molar-refractivity contribution in [2.45, 2.75) is 78.5 Å². The zero-order chi connectivity index (χ0) is 37.7. The van der Waals surface area contributed by atoms with Gasteiger partial charge in [0.1, 0.15) is 11.8 Å². The second-order valence-corrected chi connectivity index (χ2v) is 16.0. The molecule has 1 amide bonds. The van der Waals surface area contributed by atoms with Gasteiger partial charge in [0.2, 0.25) is 0 Å². The van der Waals surface area contributed by atoms with Gasteiger partial charge >= 0.3 is 0 Å². The molecule has 0 aliphatic carbocycles. The molecule has 2 fully saturated rings. The number of nitrogens with zero attached hydrogens (tertiary/aromatic N) is 4. The van der Waals surface area contributed by atoms with Gasteiger partial charge in [-0.25, -0.2) is 18.7 Å². The summed E-state index contributed by atoms with van der Waals surface area (Å²) in [5.41, 5.74) is 10.2. The number of nitrogens with one attached hydrogen (secondary N) is 2. The number of pyridine rings is 1. The number of rotatable bonds is 16. The highest BCUT2D eigenvalue weighted by molar-refractivity contribution is 7.80. The number of hydrazine groups is 1. The minimum absolute atomic E-state index is 0.0801. The van der Waals surface area contributed by atoms with Gasteiger partial charge in [-0.1, -0.05) is 26.0 Å². The summed E-state index contributed by atoms with van der Waals surface area (Å²) in [7, 11) is 1.68. The van der Waals surface area contributed by atoms with Crippen LogP contribution in [0.3, 0.4) is 0 Å². The Labute approximate surface area is 314 Å². The minimum Gasteiger partial charge on any atom is -0.508 e. The number of amides is 1.